The molecule has 1 heterocycles. The molecule has 1 heteroatoms. The summed E-state index contributed by atoms with van der Waals surface area (Å²) in [4.78, 5) is 2.62. The van der Waals surface area contributed by atoms with E-state index in [-0.39, 0.29) is 0 Å². The fraction of sp³-hybridized carbons (Fsp3) is 1.00. The average Bonchev–Trinajstić information content (AvgIpc) is 1.46. The highest BCUT2D eigenvalue weighted by molar-refractivity contribution is 4.96. The maximum absolute atomic E-state index is 2.62. The van der Waals surface area contributed by atoms with Crippen LogP contribution in [0.15, 0.2) is 0 Å². The average molecular weight is 169 g/mol. The summed E-state index contributed by atoms with van der Waals surface area (Å²) >= 11 is 0. The van der Waals surface area contributed by atoms with E-state index < -0.39 is 0 Å². The first-order chi connectivity index (χ1) is 5.23. The van der Waals surface area contributed by atoms with Crippen LogP contribution in [0, 0.1) is 5.41 Å². The lowest BCUT2D eigenvalue weighted by atomic mass is 9.76. The molecule has 12 heavy (non-hydrogen) atoms. The van der Waals surface area contributed by atoms with Crippen LogP contribution in [0.2, 0.25) is 0 Å². The highest BCUT2D eigenvalue weighted by Gasteiger charge is 2.42. The Kier molecular flexibility index (Phi) is 2.28. The van der Waals surface area contributed by atoms with Gasteiger partial charge in [0.1, 0.15) is 0 Å². The zero-order chi connectivity index (χ0) is 9.57. The summed E-state index contributed by atoms with van der Waals surface area (Å²) in [6.45, 7) is 15.2. The molecule has 72 valence electrons. The van der Waals surface area contributed by atoms with Gasteiger partial charge in [-0.05, 0) is 32.6 Å². The first-order valence-electron chi connectivity index (χ1n) is 4.99. The number of nitrogens with zero attached hydrogens (tertiary/aromatic N) is 1. The van der Waals surface area contributed by atoms with Gasteiger partial charge in [0, 0.05) is 18.1 Å². The Balaban J connectivity index is 2.62. The predicted octanol–water partition coefficient (Wildman–Crippen LogP) is 2.91. The maximum Gasteiger partial charge on any atom is 0.0161 e. The normalized spacial score (nSPS) is 27.0. The van der Waals surface area contributed by atoms with Crippen LogP contribution in [-0.4, -0.2) is 23.0 Å². The van der Waals surface area contributed by atoms with Gasteiger partial charge in [-0.15, -0.1) is 0 Å². The van der Waals surface area contributed by atoms with Crippen molar-refractivity contribution in [2.75, 3.05) is 6.54 Å². The van der Waals surface area contributed by atoms with Crippen molar-refractivity contribution in [3.05, 3.63) is 0 Å². The summed E-state index contributed by atoms with van der Waals surface area (Å²) in [7, 11) is 0. The fourth-order valence-electron chi connectivity index (χ4n) is 2.09. The maximum atomic E-state index is 2.62. The third kappa shape index (κ3) is 1.82. The molecule has 0 N–H and O–H groups in total. The Bertz CT molecular complexity index is 139. The minimum absolute atomic E-state index is 0.357. The predicted molar refractivity (Wildman–Crippen MR) is 54.3 cm³/mol. The Labute approximate surface area is 77.1 Å². The molecular weight excluding hydrogens is 146 g/mol. The van der Waals surface area contributed by atoms with Crippen molar-refractivity contribution in [1.82, 2.24) is 4.90 Å². The minimum Gasteiger partial charge on any atom is -0.295 e. The Morgan fingerprint density at radius 1 is 1.00 bits per heavy atom. The number of hydrogen-bond acceptors (Lipinski definition) is 1. The summed E-state index contributed by atoms with van der Waals surface area (Å²) in [6, 6.07) is 0.789. The standard InChI is InChI=1S/C11H23N/c1-10(2,3)9-7-8-12(9)11(4,5)6/h9H,7-8H2,1-6H3. The second-order valence-electron chi connectivity index (χ2n) is 6.03. The van der Waals surface area contributed by atoms with Gasteiger partial charge < -0.3 is 0 Å². The lowest BCUT2D eigenvalue weighted by Gasteiger charge is -2.55. The zero-order valence-electron chi connectivity index (χ0n) is 9.44. The molecule has 0 aromatic rings. The third-order valence-corrected chi connectivity index (χ3v) is 2.88. The SMILES string of the molecule is CC(C)(C)C1CCN1C(C)(C)C. The first kappa shape index (κ1) is 10.0. The number of hydrogen-bond donors (Lipinski definition) is 0. The molecule has 1 nitrogen and oxygen atoms in total. The van der Waals surface area contributed by atoms with Crippen LogP contribution in [0.4, 0.5) is 0 Å². The van der Waals surface area contributed by atoms with Crippen molar-refractivity contribution in [2.24, 2.45) is 5.41 Å². The molecule has 1 aliphatic heterocycles. The molecule has 0 saturated carbocycles. The van der Waals surface area contributed by atoms with Gasteiger partial charge >= 0.3 is 0 Å². The van der Waals surface area contributed by atoms with Crippen LogP contribution < -0.4 is 0 Å². The molecule has 1 rings (SSSR count). The van der Waals surface area contributed by atoms with Gasteiger partial charge in [0.2, 0.25) is 0 Å². The van der Waals surface area contributed by atoms with Crippen molar-refractivity contribution in [3.8, 4) is 0 Å². The Morgan fingerprint density at radius 3 is 1.58 bits per heavy atom. The molecule has 1 atom stereocenters. The highest BCUT2D eigenvalue weighted by Crippen LogP contribution is 2.38. The van der Waals surface area contributed by atoms with E-state index in [4.69, 9.17) is 0 Å². The van der Waals surface area contributed by atoms with Crippen molar-refractivity contribution >= 4 is 0 Å². The van der Waals surface area contributed by atoms with Crippen LogP contribution in [0.3, 0.4) is 0 Å². The molecule has 1 unspecified atom stereocenters. The van der Waals surface area contributed by atoms with Crippen LogP contribution in [-0.2, 0) is 0 Å². The Morgan fingerprint density at radius 2 is 1.50 bits per heavy atom. The van der Waals surface area contributed by atoms with Crippen molar-refractivity contribution in [1.29, 1.82) is 0 Å². The van der Waals surface area contributed by atoms with Gasteiger partial charge in [-0.1, -0.05) is 20.8 Å². The van der Waals surface area contributed by atoms with Crippen molar-refractivity contribution < 1.29 is 0 Å². The topological polar surface area (TPSA) is 3.24 Å². The molecule has 0 aromatic carbocycles. The quantitative estimate of drug-likeness (QED) is 0.539. The molecule has 0 bridgehead atoms. The van der Waals surface area contributed by atoms with E-state index in [2.05, 4.69) is 46.4 Å². The first-order valence-corrected chi connectivity index (χ1v) is 4.99. The van der Waals surface area contributed by atoms with E-state index in [1.54, 1.807) is 0 Å². The molecule has 0 amide bonds. The molecule has 1 aliphatic rings. The van der Waals surface area contributed by atoms with Gasteiger partial charge in [0.25, 0.3) is 0 Å². The lowest BCUT2D eigenvalue weighted by Crippen LogP contribution is -2.61. The molecular formula is C11H23N. The van der Waals surface area contributed by atoms with E-state index in [9.17, 15) is 0 Å². The molecule has 0 aromatic heterocycles. The Hall–Kier alpha value is -0.0400. The minimum atomic E-state index is 0.357. The summed E-state index contributed by atoms with van der Waals surface area (Å²) in [5.74, 6) is 0. The molecule has 1 saturated heterocycles. The molecule has 0 aliphatic carbocycles. The monoisotopic (exact) mass is 169 g/mol. The summed E-state index contributed by atoms with van der Waals surface area (Å²) in [5.41, 5.74) is 0.807. The largest absolute Gasteiger partial charge is 0.295 e. The second kappa shape index (κ2) is 2.73. The van der Waals surface area contributed by atoms with Crippen LogP contribution >= 0.6 is 0 Å². The van der Waals surface area contributed by atoms with Crippen LogP contribution in [0.1, 0.15) is 48.0 Å². The van der Waals surface area contributed by atoms with Gasteiger partial charge in [0.05, 0.1) is 0 Å². The summed E-state index contributed by atoms with van der Waals surface area (Å²) in [5, 5.41) is 0. The van der Waals surface area contributed by atoms with E-state index in [1.807, 2.05) is 0 Å². The van der Waals surface area contributed by atoms with E-state index in [1.165, 1.54) is 13.0 Å². The molecule has 0 spiro atoms. The fourth-order valence-corrected chi connectivity index (χ4v) is 2.09. The van der Waals surface area contributed by atoms with Gasteiger partial charge in [0.15, 0.2) is 0 Å². The highest BCUT2D eigenvalue weighted by atomic mass is 15.3. The molecule has 0 radical (unpaired) electrons. The smallest absolute Gasteiger partial charge is 0.0161 e. The van der Waals surface area contributed by atoms with E-state index in [0.717, 1.165) is 6.04 Å². The van der Waals surface area contributed by atoms with E-state index >= 15 is 0 Å². The zero-order valence-corrected chi connectivity index (χ0v) is 9.44. The number of rotatable bonds is 0. The van der Waals surface area contributed by atoms with Crippen LogP contribution in [0.5, 0.6) is 0 Å². The van der Waals surface area contributed by atoms with Gasteiger partial charge in [-0.2, -0.15) is 0 Å². The number of likely N-dealkylation sites (tertiary alicyclic amines) is 1. The van der Waals surface area contributed by atoms with Crippen LogP contribution in [0.25, 0.3) is 0 Å². The van der Waals surface area contributed by atoms with Crippen molar-refractivity contribution in [3.63, 3.8) is 0 Å². The van der Waals surface area contributed by atoms with Gasteiger partial charge in [-0.3, -0.25) is 4.90 Å². The summed E-state index contributed by atoms with van der Waals surface area (Å²) < 4.78 is 0. The second-order valence-corrected chi connectivity index (χ2v) is 6.03. The third-order valence-electron chi connectivity index (χ3n) is 2.88. The summed E-state index contributed by atoms with van der Waals surface area (Å²) in [6.07, 6.45) is 1.38. The van der Waals surface area contributed by atoms with Gasteiger partial charge in [-0.25, -0.2) is 0 Å². The van der Waals surface area contributed by atoms with Crippen molar-refractivity contribution in [2.45, 2.75) is 59.5 Å². The van der Waals surface area contributed by atoms with E-state index in [0.29, 0.717) is 11.0 Å². The lowest BCUT2D eigenvalue weighted by molar-refractivity contribution is -0.0530. The molecule has 1 fully saturated rings.